The van der Waals surface area contributed by atoms with E-state index in [1.54, 1.807) is 0 Å². The topological polar surface area (TPSA) is 16.1 Å². The molecule has 1 fully saturated rings. The van der Waals surface area contributed by atoms with Crippen LogP contribution in [-0.2, 0) is 6.42 Å². The Kier molecular flexibility index (Phi) is 2.51. The highest BCUT2D eigenvalue weighted by atomic mass is 15.1. The maximum atomic E-state index is 4.66. The number of rotatable bonds is 0. The van der Waals surface area contributed by atoms with Crippen LogP contribution >= 0.6 is 0 Å². The summed E-state index contributed by atoms with van der Waals surface area (Å²) >= 11 is 0. The lowest BCUT2D eigenvalue weighted by molar-refractivity contribution is 0.109. The number of hydrogen-bond acceptors (Lipinski definition) is 2. The summed E-state index contributed by atoms with van der Waals surface area (Å²) in [6.07, 6.45) is 5.90. The van der Waals surface area contributed by atoms with Gasteiger partial charge in [-0.1, -0.05) is 13.0 Å². The molecule has 0 N–H and O–H groups in total. The molecule has 2 heteroatoms. The number of likely N-dealkylation sites (tertiary alicyclic amines) is 1. The van der Waals surface area contributed by atoms with Crippen LogP contribution in [0.4, 0.5) is 0 Å². The standard InChI is InChI=1S/C15H22N2/c1-11-8-13-12(2)15(9-14(13)16-10-11)4-6-17(3)7-5-15/h8,10,12H,4-7,9H2,1-3H3/t12-/m1/s1. The molecule has 0 amide bonds. The van der Waals surface area contributed by atoms with Gasteiger partial charge in [-0.15, -0.1) is 0 Å². The molecule has 92 valence electrons. The zero-order valence-electron chi connectivity index (χ0n) is 11.2. The largest absolute Gasteiger partial charge is 0.306 e. The molecule has 2 nitrogen and oxygen atoms in total. The van der Waals surface area contributed by atoms with Gasteiger partial charge in [0.1, 0.15) is 0 Å². The lowest BCUT2D eigenvalue weighted by Crippen LogP contribution is -2.39. The van der Waals surface area contributed by atoms with Gasteiger partial charge in [-0.2, -0.15) is 0 Å². The summed E-state index contributed by atoms with van der Waals surface area (Å²) in [7, 11) is 2.24. The fourth-order valence-electron chi connectivity index (χ4n) is 3.63. The molecule has 1 aliphatic heterocycles. The molecule has 1 atom stereocenters. The highest BCUT2D eigenvalue weighted by molar-refractivity contribution is 5.36. The van der Waals surface area contributed by atoms with E-state index in [9.17, 15) is 0 Å². The first-order valence-electron chi connectivity index (χ1n) is 6.75. The predicted octanol–water partition coefficient (Wildman–Crippen LogP) is 2.76. The van der Waals surface area contributed by atoms with Gasteiger partial charge in [0, 0.05) is 11.9 Å². The smallest absolute Gasteiger partial charge is 0.0444 e. The second kappa shape index (κ2) is 3.81. The highest BCUT2D eigenvalue weighted by Crippen LogP contribution is 2.52. The van der Waals surface area contributed by atoms with Crippen molar-refractivity contribution >= 4 is 0 Å². The number of hydrogen-bond donors (Lipinski definition) is 0. The number of aromatic nitrogens is 1. The summed E-state index contributed by atoms with van der Waals surface area (Å²) in [6.45, 7) is 7.06. The summed E-state index contributed by atoms with van der Waals surface area (Å²) in [5.74, 6) is 0.693. The fraction of sp³-hybridized carbons (Fsp3) is 0.667. The van der Waals surface area contributed by atoms with E-state index in [2.05, 4.69) is 36.8 Å². The van der Waals surface area contributed by atoms with Crippen LogP contribution in [-0.4, -0.2) is 30.0 Å². The third-order valence-corrected chi connectivity index (χ3v) is 5.03. The Morgan fingerprint density at radius 3 is 2.76 bits per heavy atom. The number of nitrogens with zero attached hydrogens (tertiary/aromatic N) is 2. The number of aryl methyl sites for hydroxylation is 1. The second-order valence-corrected chi connectivity index (χ2v) is 6.11. The molecule has 1 spiro atoms. The van der Waals surface area contributed by atoms with Gasteiger partial charge in [0.2, 0.25) is 0 Å². The maximum absolute atomic E-state index is 4.66. The molecule has 0 aromatic carbocycles. The van der Waals surface area contributed by atoms with Crippen molar-refractivity contribution in [3.05, 3.63) is 29.1 Å². The Hall–Kier alpha value is -0.890. The predicted molar refractivity (Wildman–Crippen MR) is 70.3 cm³/mol. The quantitative estimate of drug-likeness (QED) is 0.681. The molecule has 17 heavy (non-hydrogen) atoms. The van der Waals surface area contributed by atoms with E-state index in [-0.39, 0.29) is 0 Å². The molecule has 1 aromatic rings. The number of pyridine rings is 1. The maximum Gasteiger partial charge on any atom is 0.0444 e. The van der Waals surface area contributed by atoms with Crippen LogP contribution in [0.2, 0.25) is 0 Å². The Balaban J connectivity index is 1.93. The van der Waals surface area contributed by atoms with E-state index >= 15 is 0 Å². The van der Waals surface area contributed by atoms with Gasteiger partial charge in [0.25, 0.3) is 0 Å². The Labute approximate surface area is 104 Å². The van der Waals surface area contributed by atoms with Crippen LogP contribution in [0.1, 0.15) is 42.5 Å². The molecular formula is C15H22N2. The van der Waals surface area contributed by atoms with Gasteiger partial charge in [-0.25, -0.2) is 0 Å². The van der Waals surface area contributed by atoms with Gasteiger partial charge < -0.3 is 4.90 Å². The molecule has 0 saturated carbocycles. The van der Waals surface area contributed by atoms with E-state index in [4.69, 9.17) is 0 Å². The van der Waals surface area contributed by atoms with Crippen LogP contribution in [0, 0.1) is 12.3 Å². The zero-order valence-corrected chi connectivity index (χ0v) is 11.2. The van der Waals surface area contributed by atoms with Crippen molar-refractivity contribution in [3.63, 3.8) is 0 Å². The van der Waals surface area contributed by atoms with E-state index in [0.29, 0.717) is 11.3 Å². The summed E-state index contributed by atoms with van der Waals surface area (Å²) < 4.78 is 0. The van der Waals surface area contributed by atoms with E-state index in [0.717, 1.165) is 0 Å². The Morgan fingerprint density at radius 2 is 2.06 bits per heavy atom. The van der Waals surface area contributed by atoms with E-state index in [1.807, 2.05) is 6.20 Å². The van der Waals surface area contributed by atoms with Crippen LogP contribution in [0.25, 0.3) is 0 Å². The first kappa shape index (κ1) is 11.2. The average molecular weight is 230 g/mol. The van der Waals surface area contributed by atoms with Crippen LogP contribution in [0.5, 0.6) is 0 Å². The minimum absolute atomic E-state index is 0.510. The highest BCUT2D eigenvalue weighted by Gasteiger charge is 2.45. The van der Waals surface area contributed by atoms with E-state index in [1.165, 1.54) is 49.2 Å². The van der Waals surface area contributed by atoms with Gasteiger partial charge in [-0.3, -0.25) is 4.98 Å². The van der Waals surface area contributed by atoms with Crippen molar-refractivity contribution in [2.45, 2.75) is 39.0 Å². The van der Waals surface area contributed by atoms with E-state index < -0.39 is 0 Å². The SMILES string of the molecule is Cc1cnc2c(c1)[C@@H](C)C1(CCN(C)CC1)C2. The molecule has 0 bridgehead atoms. The van der Waals surface area contributed by atoms with Crippen molar-refractivity contribution in [2.75, 3.05) is 20.1 Å². The Morgan fingerprint density at radius 1 is 1.35 bits per heavy atom. The zero-order chi connectivity index (χ0) is 12.0. The number of fused-ring (bicyclic) bond motifs is 1. The molecule has 0 unspecified atom stereocenters. The van der Waals surface area contributed by atoms with Crippen molar-refractivity contribution in [3.8, 4) is 0 Å². The van der Waals surface area contributed by atoms with Crippen LogP contribution in [0.3, 0.4) is 0 Å². The Bertz CT molecular complexity index is 431. The first-order chi connectivity index (χ1) is 8.11. The third-order valence-electron chi connectivity index (χ3n) is 5.03. The van der Waals surface area contributed by atoms with Crippen molar-refractivity contribution in [1.29, 1.82) is 0 Å². The van der Waals surface area contributed by atoms with Gasteiger partial charge >= 0.3 is 0 Å². The third kappa shape index (κ3) is 1.70. The molecular weight excluding hydrogens is 208 g/mol. The molecule has 2 heterocycles. The van der Waals surface area contributed by atoms with Crippen molar-refractivity contribution < 1.29 is 0 Å². The number of piperidine rings is 1. The summed E-state index contributed by atoms with van der Waals surface area (Å²) in [4.78, 5) is 7.12. The van der Waals surface area contributed by atoms with Gasteiger partial charge in [0.05, 0.1) is 0 Å². The minimum atomic E-state index is 0.510. The van der Waals surface area contributed by atoms with Crippen LogP contribution < -0.4 is 0 Å². The average Bonchev–Trinajstić information content (AvgIpc) is 2.58. The summed E-state index contributed by atoms with van der Waals surface area (Å²) in [6, 6.07) is 2.36. The van der Waals surface area contributed by atoms with Gasteiger partial charge in [0.15, 0.2) is 0 Å². The normalized spacial score (nSPS) is 27.4. The molecule has 1 aliphatic carbocycles. The van der Waals surface area contributed by atoms with Crippen LogP contribution in [0.15, 0.2) is 12.3 Å². The monoisotopic (exact) mass is 230 g/mol. The first-order valence-corrected chi connectivity index (χ1v) is 6.75. The fourth-order valence-corrected chi connectivity index (χ4v) is 3.63. The second-order valence-electron chi connectivity index (χ2n) is 6.11. The molecule has 1 aromatic heterocycles. The molecule has 0 radical (unpaired) electrons. The molecule has 3 rings (SSSR count). The minimum Gasteiger partial charge on any atom is -0.306 e. The van der Waals surface area contributed by atoms with Crippen molar-refractivity contribution in [2.24, 2.45) is 5.41 Å². The van der Waals surface area contributed by atoms with Gasteiger partial charge in [-0.05, 0) is 68.8 Å². The van der Waals surface area contributed by atoms with Crippen molar-refractivity contribution in [1.82, 2.24) is 9.88 Å². The molecule has 1 saturated heterocycles. The molecule has 2 aliphatic rings. The lowest BCUT2D eigenvalue weighted by atomic mass is 9.70. The summed E-state index contributed by atoms with van der Waals surface area (Å²) in [5, 5.41) is 0. The summed E-state index contributed by atoms with van der Waals surface area (Å²) in [5.41, 5.74) is 4.71. The lowest BCUT2D eigenvalue weighted by Gasteiger charge is -2.41.